The van der Waals surface area contributed by atoms with Gasteiger partial charge in [0.2, 0.25) is 5.91 Å². The zero-order valence-electron chi connectivity index (χ0n) is 11.6. The van der Waals surface area contributed by atoms with E-state index in [4.69, 9.17) is 0 Å². The Balaban J connectivity index is 2.86. The van der Waals surface area contributed by atoms with Crippen LogP contribution in [-0.2, 0) is 16.1 Å². The smallest absolute Gasteiger partial charge is 0.230 e. The average molecular weight is 247 g/mol. The first-order valence-corrected chi connectivity index (χ1v) is 6.14. The van der Waals surface area contributed by atoms with Gasteiger partial charge in [-0.25, -0.2) is 0 Å². The van der Waals surface area contributed by atoms with Crippen molar-refractivity contribution < 1.29 is 9.59 Å². The van der Waals surface area contributed by atoms with Crippen LogP contribution in [0.15, 0.2) is 30.3 Å². The monoisotopic (exact) mass is 247 g/mol. The van der Waals surface area contributed by atoms with Gasteiger partial charge >= 0.3 is 0 Å². The predicted molar refractivity (Wildman–Crippen MR) is 72.0 cm³/mol. The molecule has 0 heterocycles. The summed E-state index contributed by atoms with van der Waals surface area (Å²) in [4.78, 5) is 25.0. The van der Waals surface area contributed by atoms with E-state index in [1.165, 1.54) is 6.92 Å². The summed E-state index contributed by atoms with van der Waals surface area (Å²) in [5.41, 5.74) is 0.784. The van der Waals surface area contributed by atoms with Gasteiger partial charge in [-0.2, -0.15) is 0 Å². The molecule has 0 spiro atoms. The fourth-order valence-corrected chi connectivity index (χ4v) is 1.77. The molecule has 98 valence electrons. The van der Waals surface area contributed by atoms with Crippen molar-refractivity contribution in [3.05, 3.63) is 35.9 Å². The number of carbonyl (C=O) groups is 2. The van der Waals surface area contributed by atoms with Crippen LogP contribution >= 0.6 is 0 Å². The van der Waals surface area contributed by atoms with E-state index in [2.05, 4.69) is 0 Å². The van der Waals surface area contributed by atoms with Crippen LogP contribution in [0.25, 0.3) is 0 Å². The first-order chi connectivity index (χ1) is 8.30. The number of hydrogen-bond acceptors (Lipinski definition) is 2. The zero-order valence-corrected chi connectivity index (χ0v) is 11.6. The lowest BCUT2D eigenvalue weighted by atomic mass is 10.0. The van der Waals surface area contributed by atoms with Crippen molar-refractivity contribution in [1.29, 1.82) is 0 Å². The molecule has 0 fully saturated rings. The fourth-order valence-electron chi connectivity index (χ4n) is 1.77. The van der Waals surface area contributed by atoms with E-state index in [0.29, 0.717) is 6.54 Å². The minimum Gasteiger partial charge on any atom is -0.333 e. The number of benzene rings is 1. The number of amides is 1. The maximum Gasteiger partial charge on any atom is 0.230 e. The molecule has 0 N–H and O–H groups in total. The van der Waals surface area contributed by atoms with Gasteiger partial charge in [-0.1, -0.05) is 30.3 Å². The standard InChI is InChI=1S/C15H21NO2/c1-12(17)10-14(18)16(15(2,3)4)11-13-8-6-5-7-9-13/h5-9H,10-11H2,1-4H3. The molecule has 18 heavy (non-hydrogen) atoms. The Morgan fingerprint density at radius 2 is 1.67 bits per heavy atom. The average Bonchev–Trinajstić information content (AvgIpc) is 2.24. The summed E-state index contributed by atoms with van der Waals surface area (Å²) < 4.78 is 0. The quantitative estimate of drug-likeness (QED) is 0.767. The maximum atomic E-state index is 12.1. The first-order valence-electron chi connectivity index (χ1n) is 6.14. The molecule has 1 aromatic rings. The molecule has 0 radical (unpaired) electrons. The van der Waals surface area contributed by atoms with Crippen LogP contribution in [0.4, 0.5) is 0 Å². The lowest BCUT2D eigenvalue weighted by molar-refractivity contribution is -0.139. The van der Waals surface area contributed by atoms with Crippen molar-refractivity contribution in [3.63, 3.8) is 0 Å². The zero-order chi connectivity index (χ0) is 13.8. The molecule has 0 saturated heterocycles. The van der Waals surface area contributed by atoms with Crippen LogP contribution in [0.2, 0.25) is 0 Å². The number of Topliss-reactive ketones (excluding diaryl/α,β-unsaturated/α-hetero) is 1. The number of ketones is 1. The van der Waals surface area contributed by atoms with Crippen molar-refractivity contribution in [2.45, 2.75) is 46.2 Å². The van der Waals surface area contributed by atoms with Crippen LogP contribution < -0.4 is 0 Å². The maximum absolute atomic E-state index is 12.1. The second-order valence-electron chi connectivity index (χ2n) is 5.52. The Labute approximate surface area is 109 Å². The highest BCUT2D eigenvalue weighted by Gasteiger charge is 2.26. The van der Waals surface area contributed by atoms with Gasteiger partial charge in [-0.15, -0.1) is 0 Å². The van der Waals surface area contributed by atoms with Crippen LogP contribution in [-0.4, -0.2) is 22.1 Å². The minimum absolute atomic E-state index is 0.0237. The summed E-state index contributed by atoms with van der Waals surface area (Å²) in [7, 11) is 0. The number of rotatable bonds is 4. The summed E-state index contributed by atoms with van der Waals surface area (Å²) in [6, 6.07) is 9.82. The lowest BCUT2D eigenvalue weighted by Gasteiger charge is -2.35. The normalized spacial score (nSPS) is 11.1. The Bertz CT molecular complexity index is 418. The molecule has 0 aliphatic rings. The highest BCUT2D eigenvalue weighted by molar-refractivity contribution is 5.97. The summed E-state index contributed by atoms with van der Waals surface area (Å²) in [5.74, 6) is -0.207. The van der Waals surface area contributed by atoms with Crippen LogP contribution in [0.3, 0.4) is 0 Å². The Morgan fingerprint density at radius 1 is 1.11 bits per heavy atom. The molecule has 3 nitrogen and oxygen atoms in total. The summed E-state index contributed by atoms with van der Waals surface area (Å²) in [6.45, 7) is 7.92. The topological polar surface area (TPSA) is 37.4 Å². The van der Waals surface area contributed by atoms with Crippen molar-refractivity contribution in [3.8, 4) is 0 Å². The van der Waals surface area contributed by atoms with Crippen LogP contribution in [0, 0.1) is 0 Å². The Morgan fingerprint density at radius 3 is 2.11 bits per heavy atom. The molecule has 1 aromatic carbocycles. The highest BCUT2D eigenvalue weighted by Crippen LogP contribution is 2.18. The number of hydrogen-bond donors (Lipinski definition) is 0. The van der Waals surface area contributed by atoms with Crippen molar-refractivity contribution in [2.24, 2.45) is 0 Å². The van der Waals surface area contributed by atoms with Gasteiger partial charge in [0, 0.05) is 12.1 Å². The SMILES string of the molecule is CC(=O)CC(=O)N(Cc1ccccc1)C(C)(C)C. The Kier molecular flexibility index (Phi) is 4.65. The van der Waals surface area contributed by atoms with E-state index in [-0.39, 0.29) is 23.7 Å². The summed E-state index contributed by atoms with van der Waals surface area (Å²) in [6.07, 6.45) is -0.0237. The third kappa shape index (κ3) is 4.32. The molecule has 1 rings (SSSR count). The minimum atomic E-state index is -0.289. The molecule has 0 unspecified atom stereocenters. The van der Waals surface area contributed by atoms with Crippen LogP contribution in [0.5, 0.6) is 0 Å². The van der Waals surface area contributed by atoms with E-state index in [9.17, 15) is 9.59 Å². The first kappa shape index (κ1) is 14.4. The van der Waals surface area contributed by atoms with Crippen LogP contribution in [0.1, 0.15) is 39.7 Å². The molecule has 1 amide bonds. The molecule has 0 atom stereocenters. The summed E-state index contributed by atoms with van der Waals surface area (Å²) in [5, 5.41) is 0. The molecular formula is C15H21NO2. The second-order valence-corrected chi connectivity index (χ2v) is 5.52. The van der Waals surface area contributed by atoms with Gasteiger partial charge in [0.25, 0.3) is 0 Å². The van der Waals surface area contributed by atoms with Gasteiger partial charge in [-0.05, 0) is 33.3 Å². The molecule has 0 aliphatic carbocycles. The summed E-state index contributed by atoms with van der Waals surface area (Å²) >= 11 is 0. The van der Waals surface area contributed by atoms with E-state index in [1.807, 2.05) is 51.1 Å². The third-order valence-corrected chi connectivity index (χ3v) is 2.69. The van der Waals surface area contributed by atoms with Gasteiger partial charge in [-0.3, -0.25) is 9.59 Å². The van der Waals surface area contributed by atoms with E-state index in [1.54, 1.807) is 4.90 Å². The molecule has 0 bridgehead atoms. The van der Waals surface area contributed by atoms with Crippen molar-refractivity contribution in [2.75, 3.05) is 0 Å². The molecule has 3 heteroatoms. The number of carbonyl (C=O) groups excluding carboxylic acids is 2. The van der Waals surface area contributed by atoms with Gasteiger partial charge in [0.1, 0.15) is 5.78 Å². The lowest BCUT2D eigenvalue weighted by Crippen LogP contribution is -2.45. The second kappa shape index (κ2) is 5.80. The van der Waals surface area contributed by atoms with Gasteiger partial charge in [0.05, 0.1) is 6.42 Å². The largest absolute Gasteiger partial charge is 0.333 e. The third-order valence-electron chi connectivity index (χ3n) is 2.69. The molecule has 0 aliphatic heterocycles. The van der Waals surface area contributed by atoms with Crippen molar-refractivity contribution >= 4 is 11.7 Å². The number of nitrogens with zero attached hydrogens (tertiary/aromatic N) is 1. The van der Waals surface area contributed by atoms with Crippen molar-refractivity contribution in [1.82, 2.24) is 4.90 Å². The van der Waals surface area contributed by atoms with E-state index < -0.39 is 0 Å². The van der Waals surface area contributed by atoms with E-state index in [0.717, 1.165) is 5.56 Å². The van der Waals surface area contributed by atoms with E-state index >= 15 is 0 Å². The van der Waals surface area contributed by atoms with Gasteiger partial charge in [0.15, 0.2) is 0 Å². The Hall–Kier alpha value is -1.64. The molecule has 0 saturated carbocycles. The molecular weight excluding hydrogens is 226 g/mol. The van der Waals surface area contributed by atoms with Gasteiger partial charge < -0.3 is 4.90 Å². The molecule has 0 aromatic heterocycles. The predicted octanol–water partition coefficient (Wildman–Crippen LogP) is 2.79. The fraction of sp³-hybridized carbons (Fsp3) is 0.467. The highest BCUT2D eigenvalue weighted by atomic mass is 16.2.